The van der Waals surface area contributed by atoms with Gasteiger partial charge in [0.25, 0.3) is 5.91 Å². The lowest BCUT2D eigenvalue weighted by molar-refractivity contribution is -0.122. The predicted octanol–water partition coefficient (Wildman–Crippen LogP) is 4.14. The van der Waals surface area contributed by atoms with Crippen LogP contribution in [0, 0.1) is 5.92 Å². The maximum Gasteiger partial charge on any atom is 0.271 e. The first-order valence-electron chi connectivity index (χ1n) is 11.8. The molecule has 1 aliphatic rings. The Morgan fingerprint density at radius 1 is 1.14 bits per heavy atom. The number of carbonyl (C=O) groups is 1. The van der Waals surface area contributed by atoms with Gasteiger partial charge in [0.2, 0.25) is 5.95 Å². The lowest BCUT2D eigenvalue weighted by atomic mass is 10.0. The number of nitrogen functional groups attached to an aromatic ring is 2. The highest BCUT2D eigenvalue weighted by Crippen LogP contribution is 2.35. The van der Waals surface area contributed by atoms with Gasteiger partial charge in [0, 0.05) is 40.9 Å². The number of nitrogens with two attached hydrogens (primary N) is 2. The Bertz CT molecular complexity index is 1410. The molecule has 0 radical (unpaired) electrons. The lowest BCUT2D eigenvalue weighted by Crippen LogP contribution is -2.26. The quantitative estimate of drug-likeness (QED) is 0.469. The first kappa shape index (κ1) is 25.4. The van der Waals surface area contributed by atoms with Gasteiger partial charge in [-0.05, 0) is 29.7 Å². The summed E-state index contributed by atoms with van der Waals surface area (Å²) in [5.74, 6) is 1.38. The summed E-state index contributed by atoms with van der Waals surface area (Å²) in [5, 5.41) is 5.84. The highest BCUT2D eigenvalue weighted by molar-refractivity contribution is 6.02. The molecular weight excluding hydrogens is 468 g/mol. The fourth-order valence-electron chi connectivity index (χ4n) is 4.09. The number of fused-ring (bicyclic) bond motifs is 1. The first-order valence-corrected chi connectivity index (χ1v) is 11.8. The van der Waals surface area contributed by atoms with Crippen LogP contribution in [0.15, 0.2) is 59.8 Å². The molecule has 2 heterocycles. The SMILES string of the molecule is COc1cc(Cc2cnc(N)nc2N)cc(/C=C/C(=O)N2N=Cc3ccccc3/C2=C\C(C)C)c1OC. The summed E-state index contributed by atoms with van der Waals surface area (Å²) in [6.45, 7) is 4.13. The molecule has 9 heteroatoms. The van der Waals surface area contributed by atoms with Crippen LogP contribution in [0.2, 0.25) is 0 Å². The maximum atomic E-state index is 13.3. The maximum absolute atomic E-state index is 13.3. The van der Waals surface area contributed by atoms with Gasteiger partial charge in [0.1, 0.15) is 5.82 Å². The van der Waals surface area contributed by atoms with Crippen LogP contribution >= 0.6 is 0 Å². The van der Waals surface area contributed by atoms with E-state index in [9.17, 15) is 4.79 Å². The summed E-state index contributed by atoms with van der Waals surface area (Å²) in [6, 6.07) is 11.6. The molecule has 0 bridgehead atoms. The number of nitrogens with zero attached hydrogens (tertiary/aromatic N) is 4. The molecule has 190 valence electrons. The molecule has 4 N–H and O–H groups in total. The van der Waals surface area contributed by atoms with Crippen molar-refractivity contribution >= 4 is 35.7 Å². The Balaban J connectivity index is 1.68. The monoisotopic (exact) mass is 498 g/mol. The molecule has 0 saturated heterocycles. The van der Waals surface area contributed by atoms with Gasteiger partial charge in [-0.25, -0.2) is 4.98 Å². The summed E-state index contributed by atoms with van der Waals surface area (Å²) in [6.07, 6.45) is 8.94. The van der Waals surface area contributed by atoms with Crippen molar-refractivity contribution in [2.45, 2.75) is 20.3 Å². The molecule has 9 nitrogen and oxygen atoms in total. The first-order chi connectivity index (χ1) is 17.8. The molecule has 0 spiro atoms. The molecule has 4 rings (SSSR count). The standard InChI is InChI=1S/C28H30N6O3/c1-17(2)11-23-22-8-6-5-7-20(22)16-32-34(23)25(35)10-9-19-12-18(14-24(36-3)26(19)37-4)13-21-15-31-28(30)33-27(21)29/h5-12,14-17H,13H2,1-4H3,(H4,29,30,31,33)/b10-9+,23-11+. The number of carbonyl (C=O) groups excluding carboxylic acids is 1. The number of hydrogen-bond acceptors (Lipinski definition) is 8. The van der Waals surface area contributed by atoms with Gasteiger partial charge in [0.15, 0.2) is 11.5 Å². The van der Waals surface area contributed by atoms with E-state index in [0.717, 1.165) is 28.0 Å². The number of anilines is 2. The Kier molecular flexibility index (Phi) is 7.52. The van der Waals surface area contributed by atoms with Crippen LogP contribution in [0.4, 0.5) is 11.8 Å². The Morgan fingerprint density at radius 3 is 2.62 bits per heavy atom. The molecule has 37 heavy (non-hydrogen) atoms. The second-order valence-electron chi connectivity index (χ2n) is 8.85. The van der Waals surface area contributed by atoms with Crippen LogP contribution in [0.1, 0.15) is 41.7 Å². The third kappa shape index (κ3) is 5.61. The zero-order chi connectivity index (χ0) is 26.5. The van der Waals surface area contributed by atoms with E-state index < -0.39 is 0 Å². The van der Waals surface area contributed by atoms with E-state index in [2.05, 4.69) is 28.9 Å². The number of hydrazone groups is 1. The van der Waals surface area contributed by atoms with Crippen molar-refractivity contribution < 1.29 is 14.3 Å². The number of benzene rings is 2. The van der Waals surface area contributed by atoms with Gasteiger partial charge in [0.05, 0.1) is 26.1 Å². The van der Waals surface area contributed by atoms with Crippen LogP contribution < -0.4 is 20.9 Å². The summed E-state index contributed by atoms with van der Waals surface area (Å²) in [7, 11) is 3.11. The highest BCUT2D eigenvalue weighted by atomic mass is 16.5. The van der Waals surface area contributed by atoms with E-state index in [-0.39, 0.29) is 17.8 Å². The van der Waals surface area contributed by atoms with Crippen LogP contribution in [-0.2, 0) is 11.2 Å². The minimum atomic E-state index is -0.291. The van der Waals surface area contributed by atoms with Gasteiger partial charge in [-0.2, -0.15) is 15.1 Å². The summed E-state index contributed by atoms with van der Waals surface area (Å²) in [5.41, 5.74) is 16.6. The van der Waals surface area contributed by atoms with Crippen molar-refractivity contribution in [3.05, 3.63) is 82.6 Å². The van der Waals surface area contributed by atoms with E-state index >= 15 is 0 Å². The van der Waals surface area contributed by atoms with Gasteiger partial charge in [-0.15, -0.1) is 0 Å². The summed E-state index contributed by atoms with van der Waals surface area (Å²) in [4.78, 5) is 21.4. The number of amides is 1. The van der Waals surface area contributed by atoms with E-state index in [1.807, 2.05) is 42.5 Å². The molecule has 3 aromatic rings. The van der Waals surface area contributed by atoms with Gasteiger partial charge in [-0.3, -0.25) is 4.79 Å². The average Bonchev–Trinajstić information content (AvgIpc) is 2.88. The second kappa shape index (κ2) is 10.9. The van der Waals surface area contributed by atoms with Crippen molar-refractivity contribution in [1.29, 1.82) is 0 Å². The van der Waals surface area contributed by atoms with Crippen molar-refractivity contribution in [2.24, 2.45) is 11.0 Å². The van der Waals surface area contributed by atoms with Crippen molar-refractivity contribution in [1.82, 2.24) is 15.0 Å². The topological polar surface area (TPSA) is 129 Å². The third-order valence-electron chi connectivity index (χ3n) is 5.76. The van der Waals surface area contributed by atoms with Crippen molar-refractivity contribution in [2.75, 3.05) is 25.7 Å². The molecule has 0 fully saturated rings. The molecule has 0 atom stereocenters. The van der Waals surface area contributed by atoms with E-state index in [4.69, 9.17) is 20.9 Å². The van der Waals surface area contributed by atoms with E-state index in [1.165, 1.54) is 11.1 Å². The van der Waals surface area contributed by atoms with Crippen molar-refractivity contribution in [3.63, 3.8) is 0 Å². The number of methoxy groups -OCH3 is 2. The number of hydrogen-bond donors (Lipinski definition) is 2. The largest absolute Gasteiger partial charge is 0.493 e. The lowest BCUT2D eigenvalue weighted by Gasteiger charge is -2.25. The fraction of sp³-hybridized carbons (Fsp3) is 0.214. The molecule has 2 aromatic carbocycles. The zero-order valence-electron chi connectivity index (χ0n) is 21.3. The third-order valence-corrected chi connectivity index (χ3v) is 5.76. The Morgan fingerprint density at radius 2 is 1.92 bits per heavy atom. The predicted molar refractivity (Wildman–Crippen MR) is 146 cm³/mol. The molecule has 0 unspecified atom stereocenters. The van der Waals surface area contributed by atoms with Gasteiger partial charge in [-0.1, -0.05) is 44.2 Å². The number of rotatable bonds is 7. The molecule has 1 amide bonds. The number of allylic oxidation sites excluding steroid dienone is 1. The molecule has 0 aliphatic carbocycles. The molecule has 1 aliphatic heterocycles. The molecular formula is C28H30N6O3. The number of ether oxygens (including phenoxy) is 2. The average molecular weight is 499 g/mol. The second-order valence-corrected chi connectivity index (χ2v) is 8.85. The Labute approximate surface area is 216 Å². The fourth-order valence-corrected chi connectivity index (χ4v) is 4.09. The molecule has 0 saturated carbocycles. The highest BCUT2D eigenvalue weighted by Gasteiger charge is 2.23. The smallest absolute Gasteiger partial charge is 0.271 e. The van der Waals surface area contributed by atoms with Gasteiger partial charge >= 0.3 is 0 Å². The summed E-state index contributed by atoms with van der Waals surface area (Å²) < 4.78 is 11.2. The van der Waals surface area contributed by atoms with Crippen molar-refractivity contribution in [3.8, 4) is 11.5 Å². The van der Waals surface area contributed by atoms with Gasteiger partial charge < -0.3 is 20.9 Å². The minimum absolute atomic E-state index is 0.115. The normalized spacial score (nSPS) is 13.9. The summed E-state index contributed by atoms with van der Waals surface area (Å²) >= 11 is 0. The number of aromatic nitrogens is 2. The van der Waals surface area contributed by atoms with Crippen LogP contribution in [-0.4, -0.2) is 41.3 Å². The van der Waals surface area contributed by atoms with Crippen LogP contribution in [0.5, 0.6) is 11.5 Å². The van der Waals surface area contributed by atoms with E-state index in [1.54, 1.807) is 32.7 Å². The zero-order valence-corrected chi connectivity index (χ0v) is 21.3. The minimum Gasteiger partial charge on any atom is -0.493 e. The van der Waals surface area contributed by atoms with E-state index in [0.29, 0.717) is 29.3 Å². The van der Waals surface area contributed by atoms with Crippen LogP contribution in [0.25, 0.3) is 11.8 Å². The van der Waals surface area contributed by atoms with Crippen LogP contribution in [0.3, 0.4) is 0 Å². The Hall–Kier alpha value is -4.66. The molecule has 1 aromatic heterocycles.